The molecular formula is C17H19FN2O3. The normalized spacial score (nSPS) is 21.5. The Morgan fingerprint density at radius 2 is 2.13 bits per heavy atom. The molecule has 5 nitrogen and oxygen atoms in total. The maximum absolute atomic E-state index is 13.1. The molecule has 2 aromatic rings. The maximum Gasteiger partial charge on any atom is 0.234 e. The second kappa shape index (κ2) is 6.93. The topological polar surface area (TPSA) is 65.7 Å². The molecule has 3 rings (SSSR count). The molecule has 1 aliphatic heterocycles. The fourth-order valence-electron chi connectivity index (χ4n) is 2.93. The van der Waals surface area contributed by atoms with E-state index in [1.807, 2.05) is 4.90 Å². The highest BCUT2D eigenvalue weighted by molar-refractivity contribution is 5.78. The number of aliphatic hydroxyl groups excluding tert-OH is 1. The predicted molar refractivity (Wildman–Crippen MR) is 81.9 cm³/mol. The first kappa shape index (κ1) is 15.7. The van der Waals surface area contributed by atoms with Crippen LogP contribution in [-0.2, 0) is 11.3 Å². The van der Waals surface area contributed by atoms with Crippen LogP contribution in [0.1, 0.15) is 23.8 Å². The molecule has 1 saturated heterocycles. The molecule has 2 unspecified atom stereocenters. The highest BCUT2D eigenvalue weighted by atomic mass is 19.1. The van der Waals surface area contributed by atoms with E-state index in [2.05, 4.69) is 5.32 Å². The molecule has 6 heteroatoms. The van der Waals surface area contributed by atoms with Crippen LogP contribution in [0.2, 0.25) is 0 Å². The summed E-state index contributed by atoms with van der Waals surface area (Å²) in [5, 5.41) is 12.7. The Bertz CT molecular complexity index is 642. The van der Waals surface area contributed by atoms with Crippen LogP contribution in [-0.4, -0.2) is 35.1 Å². The molecule has 2 atom stereocenters. The monoisotopic (exact) mass is 318 g/mol. The third kappa shape index (κ3) is 3.97. The van der Waals surface area contributed by atoms with Gasteiger partial charge < -0.3 is 14.8 Å². The number of β-amino-alcohol motifs (C(OH)–C–C–N with tert-alkyl or cyclic N) is 1. The standard InChI is InChI=1S/C17H19FN2O3/c18-13-5-3-12(4-6-13)16-8-14(21)10-20(16)11-17(22)19-9-15-2-1-7-23-15/h1-7,14,16,21H,8-11H2,(H,19,22). The van der Waals surface area contributed by atoms with Crippen molar-refractivity contribution in [1.82, 2.24) is 10.2 Å². The molecule has 0 saturated carbocycles. The Hall–Kier alpha value is -2.18. The third-order valence-corrected chi connectivity index (χ3v) is 4.02. The number of carbonyl (C=O) groups is 1. The Morgan fingerprint density at radius 1 is 1.35 bits per heavy atom. The van der Waals surface area contributed by atoms with Crippen LogP contribution in [0.3, 0.4) is 0 Å². The van der Waals surface area contributed by atoms with Gasteiger partial charge in [0.05, 0.1) is 25.5 Å². The first-order valence-electron chi connectivity index (χ1n) is 7.58. The van der Waals surface area contributed by atoms with Crippen molar-refractivity contribution < 1.29 is 18.7 Å². The van der Waals surface area contributed by atoms with Crippen LogP contribution in [0.25, 0.3) is 0 Å². The van der Waals surface area contributed by atoms with Crippen LogP contribution in [0.15, 0.2) is 47.1 Å². The van der Waals surface area contributed by atoms with Crippen molar-refractivity contribution in [3.05, 3.63) is 59.8 Å². The average molecular weight is 318 g/mol. The van der Waals surface area contributed by atoms with Gasteiger partial charge >= 0.3 is 0 Å². The van der Waals surface area contributed by atoms with E-state index in [0.717, 1.165) is 5.56 Å². The number of carbonyl (C=O) groups excluding carboxylic acids is 1. The SMILES string of the molecule is O=C(CN1CC(O)CC1c1ccc(F)cc1)NCc1ccco1. The van der Waals surface area contributed by atoms with Gasteiger partial charge in [0.2, 0.25) is 5.91 Å². The van der Waals surface area contributed by atoms with Crippen molar-refractivity contribution in [2.45, 2.75) is 25.1 Å². The summed E-state index contributed by atoms with van der Waals surface area (Å²) in [4.78, 5) is 14.0. The molecule has 1 aliphatic rings. The number of hydrogen-bond acceptors (Lipinski definition) is 4. The molecular weight excluding hydrogens is 299 g/mol. The lowest BCUT2D eigenvalue weighted by Crippen LogP contribution is -2.37. The van der Waals surface area contributed by atoms with Crippen molar-refractivity contribution in [2.75, 3.05) is 13.1 Å². The molecule has 1 aromatic heterocycles. The maximum atomic E-state index is 13.1. The van der Waals surface area contributed by atoms with Gasteiger partial charge in [-0.15, -0.1) is 0 Å². The van der Waals surface area contributed by atoms with E-state index in [4.69, 9.17) is 4.42 Å². The molecule has 1 amide bonds. The summed E-state index contributed by atoms with van der Waals surface area (Å²) in [6.07, 6.45) is 1.61. The van der Waals surface area contributed by atoms with Crippen LogP contribution < -0.4 is 5.32 Å². The van der Waals surface area contributed by atoms with Crippen molar-refractivity contribution >= 4 is 5.91 Å². The van der Waals surface area contributed by atoms with E-state index in [0.29, 0.717) is 25.3 Å². The minimum Gasteiger partial charge on any atom is -0.467 e. The molecule has 2 heterocycles. The number of benzene rings is 1. The quantitative estimate of drug-likeness (QED) is 0.883. The Balaban J connectivity index is 1.60. The summed E-state index contributed by atoms with van der Waals surface area (Å²) < 4.78 is 18.2. The van der Waals surface area contributed by atoms with Gasteiger partial charge in [-0.25, -0.2) is 4.39 Å². The van der Waals surface area contributed by atoms with Crippen molar-refractivity contribution in [3.63, 3.8) is 0 Å². The highest BCUT2D eigenvalue weighted by Crippen LogP contribution is 2.31. The van der Waals surface area contributed by atoms with Gasteiger partial charge in [-0.1, -0.05) is 12.1 Å². The minimum atomic E-state index is -0.483. The van der Waals surface area contributed by atoms with Crippen molar-refractivity contribution in [1.29, 1.82) is 0 Å². The van der Waals surface area contributed by atoms with Gasteiger partial charge in [0.1, 0.15) is 11.6 Å². The van der Waals surface area contributed by atoms with E-state index in [1.165, 1.54) is 12.1 Å². The summed E-state index contributed by atoms with van der Waals surface area (Å²) in [5.74, 6) is 0.257. The molecule has 1 aromatic carbocycles. The minimum absolute atomic E-state index is 0.0834. The van der Waals surface area contributed by atoms with Gasteiger partial charge in [0, 0.05) is 12.6 Å². The van der Waals surface area contributed by atoms with Gasteiger partial charge in [0.15, 0.2) is 0 Å². The zero-order valence-corrected chi connectivity index (χ0v) is 12.6. The number of likely N-dealkylation sites (tertiary alicyclic amines) is 1. The number of rotatable bonds is 5. The van der Waals surface area contributed by atoms with E-state index < -0.39 is 6.10 Å². The van der Waals surface area contributed by atoms with Gasteiger partial charge in [-0.3, -0.25) is 9.69 Å². The van der Waals surface area contributed by atoms with E-state index in [9.17, 15) is 14.3 Å². The fraction of sp³-hybridized carbons (Fsp3) is 0.353. The van der Waals surface area contributed by atoms with Gasteiger partial charge in [-0.05, 0) is 36.2 Å². The summed E-state index contributed by atoms with van der Waals surface area (Å²) in [5.41, 5.74) is 0.904. The number of nitrogens with one attached hydrogen (secondary N) is 1. The molecule has 0 aliphatic carbocycles. The summed E-state index contributed by atoms with van der Waals surface area (Å²) in [6, 6.07) is 9.67. The lowest BCUT2D eigenvalue weighted by Gasteiger charge is -2.23. The second-order valence-electron chi connectivity index (χ2n) is 5.74. The van der Waals surface area contributed by atoms with Crippen molar-refractivity contribution in [3.8, 4) is 0 Å². The lowest BCUT2D eigenvalue weighted by atomic mass is 10.0. The lowest BCUT2D eigenvalue weighted by molar-refractivity contribution is -0.122. The smallest absolute Gasteiger partial charge is 0.234 e. The molecule has 1 fully saturated rings. The van der Waals surface area contributed by atoms with Crippen molar-refractivity contribution in [2.24, 2.45) is 0 Å². The second-order valence-corrected chi connectivity index (χ2v) is 5.74. The average Bonchev–Trinajstić information content (AvgIpc) is 3.16. The Morgan fingerprint density at radius 3 is 2.83 bits per heavy atom. The van der Waals surface area contributed by atoms with Crippen LogP contribution in [0.4, 0.5) is 4.39 Å². The first-order chi connectivity index (χ1) is 11.1. The third-order valence-electron chi connectivity index (χ3n) is 4.02. The van der Waals surface area contributed by atoms with Crippen LogP contribution in [0.5, 0.6) is 0 Å². The van der Waals surface area contributed by atoms with Gasteiger partial charge in [-0.2, -0.15) is 0 Å². The van der Waals surface area contributed by atoms with E-state index in [1.54, 1.807) is 30.5 Å². The first-order valence-corrected chi connectivity index (χ1v) is 7.58. The number of amides is 1. The predicted octanol–water partition coefficient (Wildman–Crippen LogP) is 1.84. The molecule has 0 bridgehead atoms. The van der Waals surface area contributed by atoms with E-state index in [-0.39, 0.29) is 24.3 Å². The molecule has 2 N–H and O–H groups in total. The Kier molecular flexibility index (Phi) is 4.73. The van der Waals surface area contributed by atoms with Crippen LogP contribution >= 0.6 is 0 Å². The number of hydrogen-bond donors (Lipinski definition) is 2. The summed E-state index contributed by atoms with van der Waals surface area (Å²) >= 11 is 0. The number of nitrogens with zero attached hydrogens (tertiary/aromatic N) is 1. The van der Waals surface area contributed by atoms with Gasteiger partial charge in [0.25, 0.3) is 0 Å². The zero-order chi connectivity index (χ0) is 16.2. The molecule has 122 valence electrons. The number of furan rings is 1. The number of halogens is 1. The highest BCUT2D eigenvalue weighted by Gasteiger charge is 2.33. The zero-order valence-electron chi connectivity index (χ0n) is 12.6. The van der Waals surface area contributed by atoms with Crippen LogP contribution in [0, 0.1) is 5.82 Å². The fourth-order valence-corrected chi connectivity index (χ4v) is 2.93. The molecule has 0 spiro atoms. The molecule has 23 heavy (non-hydrogen) atoms. The summed E-state index contributed by atoms with van der Waals surface area (Å²) in [7, 11) is 0. The van der Waals surface area contributed by atoms with E-state index >= 15 is 0 Å². The summed E-state index contributed by atoms with van der Waals surface area (Å²) in [6.45, 7) is 0.944. The number of aliphatic hydroxyl groups is 1. The molecule has 0 radical (unpaired) electrons. The Labute approximate surface area is 133 Å². The largest absolute Gasteiger partial charge is 0.467 e.